The molecule has 1 unspecified atom stereocenters. The summed E-state index contributed by atoms with van der Waals surface area (Å²) >= 11 is 5.24. The Morgan fingerprint density at radius 2 is 1.71 bits per heavy atom. The minimum Gasteiger partial charge on any atom is -0.491 e. The highest BCUT2D eigenvalue weighted by atomic mass is 32.2. The third-order valence-corrected chi connectivity index (χ3v) is 7.13. The van der Waals surface area contributed by atoms with Crippen molar-refractivity contribution < 1.29 is 17.9 Å². The van der Waals surface area contributed by atoms with E-state index in [1.54, 1.807) is 60.7 Å². The maximum absolute atomic E-state index is 12.9. The van der Waals surface area contributed by atoms with E-state index in [0.717, 1.165) is 6.42 Å². The van der Waals surface area contributed by atoms with Gasteiger partial charge in [-0.1, -0.05) is 31.2 Å². The minimum absolute atomic E-state index is 0.0420. The number of anilines is 2. The van der Waals surface area contributed by atoms with E-state index in [-0.39, 0.29) is 22.0 Å². The van der Waals surface area contributed by atoms with E-state index in [1.807, 2.05) is 19.9 Å². The zero-order valence-corrected chi connectivity index (χ0v) is 20.8. The van der Waals surface area contributed by atoms with Crippen molar-refractivity contribution >= 4 is 44.6 Å². The van der Waals surface area contributed by atoms with Gasteiger partial charge in [-0.3, -0.25) is 14.4 Å². The topological polar surface area (TPSA) is 87.7 Å². The molecule has 0 aromatic heterocycles. The number of thiocarbonyl (C=S) groups is 1. The number of hydrogen-bond donors (Lipinski definition) is 2. The van der Waals surface area contributed by atoms with Crippen LogP contribution in [0.15, 0.2) is 83.8 Å². The quantitative estimate of drug-likeness (QED) is 0.434. The van der Waals surface area contributed by atoms with Crippen LogP contribution in [-0.2, 0) is 10.0 Å². The molecule has 7 nitrogen and oxygen atoms in total. The minimum atomic E-state index is -3.72. The second kappa shape index (κ2) is 11.1. The maximum Gasteiger partial charge on any atom is 0.264 e. The molecule has 34 heavy (non-hydrogen) atoms. The summed E-state index contributed by atoms with van der Waals surface area (Å²) in [5.74, 6) is 0.230. The van der Waals surface area contributed by atoms with Gasteiger partial charge in [0.1, 0.15) is 5.75 Å². The Balaban J connectivity index is 1.63. The highest BCUT2D eigenvalue weighted by Gasteiger charge is 2.21. The number of amides is 1. The van der Waals surface area contributed by atoms with Crippen LogP contribution >= 0.6 is 12.2 Å². The van der Waals surface area contributed by atoms with Crippen LogP contribution < -0.4 is 19.7 Å². The molecule has 3 rings (SSSR count). The van der Waals surface area contributed by atoms with E-state index < -0.39 is 10.0 Å². The lowest BCUT2D eigenvalue weighted by Crippen LogP contribution is -2.34. The average Bonchev–Trinajstić information content (AvgIpc) is 2.84. The van der Waals surface area contributed by atoms with Crippen LogP contribution in [0, 0.1) is 0 Å². The Kier molecular flexibility index (Phi) is 8.25. The van der Waals surface area contributed by atoms with Crippen LogP contribution in [0.2, 0.25) is 0 Å². The Labute approximate surface area is 205 Å². The van der Waals surface area contributed by atoms with Crippen molar-refractivity contribution in [3.63, 3.8) is 0 Å². The van der Waals surface area contributed by atoms with E-state index >= 15 is 0 Å². The number of carbonyl (C=O) groups excluding carboxylic acids is 1. The van der Waals surface area contributed by atoms with Gasteiger partial charge in [-0.2, -0.15) is 0 Å². The van der Waals surface area contributed by atoms with Gasteiger partial charge in [-0.25, -0.2) is 8.42 Å². The van der Waals surface area contributed by atoms with Crippen molar-refractivity contribution in [1.29, 1.82) is 0 Å². The van der Waals surface area contributed by atoms with Crippen LogP contribution in [0.3, 0.4) is 0 Å². The number of ether oxygens (including phenoxy) is 1. The van der Waals surface area contributed by atoms with Crippen LogP contribution in [0.1, 0.15) is 30.6 Å². The molecule has 1 amide bonds. The molecule has 0 heterocycles. The number of para-hydroxylation sites is 1. The lowest BCUT2D eigenvalue weighted by atomic mass is 10.2. The van der Waals surface area contributed by atoms with Crippen LogP contribution in [-0.4, -0.2) is 32.6 Å². The van der Waals surface area contributed by atoms with Crippen molar-refractivity contribution in [3.05, 3.63) is 84.4 Å². The largest absolute Gasteiger partial charge is 0.491 e. The van der Waals surface area contributed by atoms with E-state index in [9.17, 15) is 13.2 Å². The summed E-state index contributed by atoms with van der Waals surface area (Å²) in [6, 6.07) is 21.8. The molecule has 0 fully saturated rings. The van der Waals surface area contributed by atoms with Crippen LogP contribution in [0.4, 0.5) is 11.4 Å². The first-order valence-electron chi connectivity index (χ1n) is 10.7. The zero-order valence-electron chi connectivity index (χ0n) is 19.2. The standard InChI is InChI=1S/C25H27N3O4S2/c1-4-18(2)32-22-12-8-9-19(17-22)24(29)27-25(33)26-20-13-15-23(16-14-20)34(30,31)28(3)21-10-6-5-7-11-21/h5-18H,4H2,1-3H3,(H2,26,27,29,33). The van der Waals surface area contributed by atoms with Gasteiger partial charge < -0.3 is 10.1 Å². The molecule has 1 atom stereocenters. The summed E-state index contributed by atoms with van der Waals surface area (Å²) in [6.45, 7) is 3.98. The fourth-order valence-corrected chi connectivity index (χ4v) is 4.42. The SMILES string of the molecule is CCC(C)Oc1cccc(C(=O)NC(=S)Nc2ccc(S(=O)(=O)N(C)c3ccccc3)cc2)c1. The van der Waals surface area contributed by atoms with Gasteiger partial charge in [0.15, 0.2) is 5.11 Å². The van der Waals surface area contributed by atoms with Crippen molar-refractivity contribution in [2.75, 3.05) is 16.7 Å². The van der Waals surface area contributed by atoms with Crippen molar-refractivity contribution in [2.24, 2.45) is 0 Å². The summed E-state index contributed by atoms with van der Waals surface area (Å²) < 4.78 is 32.8. The van der Waals surface area contributed by atoms with E-state index in [2.05, 4.69) is 10.6 Å². The maximum atomic E-state index is 12.9. The summed E-state index contributed by atoms with van der Waals surface area (Å²) in [4.78, 5) is 12.7. The van der Waals surface area contributed by atoms with Gasteiger partial charge in [-0.15, -0.1) is 0 Å². The smallest absolute Gasteiger partial charge is 0.264 e. The Morgan fingerprint density at radius 1 is 1.03 bits per heavy atom. The summed E-state index contributed by atoms with van der Waals surface area (Å²) in [6.07, 6.45) is 0.896. The number of carbonyl (C=O) groups is 1. The third-order valence-electron chi connectivity index (χ3n) is 5.13. The van der Waals surface area contributed by atoms with Gasteiger partial charge in [0, 0.05) is 18.3 Å². The van der Waals surface area contributed by atoms with Crippen molar-refractivity contribution in [3.8, 4) is 5.75 Å². The van der Waals surface area contributed by atoms with Gasteiger partial charge in [0.05, 0.1) is 16.7 Å². The predicted molar refractivity (Wildman–Crippen MR) is 139 cm³/mol. The first-order chi connectivity index (χ1) is 16.2. The number of nitrogens with zero attached hydrogens (tertiary/aromatic N) is 1. The van der Waals surface area contributed by atoms with Crippen molar-refractivity contribution in [2.45, 2.75) is 31.3 Å². The van der Waals surface area contributed by atoms with Gasteiger partial charge in [0.2, 0.25) is 0 Å². The second-order valence-electron chi connectivity index (χ2n) is 7.61. The Morgan fingerprint density at radius 3 is 2.35 bits per heavy atom. The predicted octanol–water partition coefficient (Wildman–Crippen LogP) is 4.82. The van der Waals surface area contributed by atoms with Crippen LogP contribution in [0.5, 0.6) is 5.75 Å². The zero-order chi connectivity index (χ0) is 24.7. The first kappa shape index (κ1) is 25.2. The Bertz CT molecular complexity index is 1250. The third kappa shape index (κ3) is 6.33. The molecule has 0 spiro atoms. The van der Waals surface area contributed by atoms with Crippen molar-refractivity contribution in [1.82, 2.24) is 5.32 Å². The molecular formula is C25H27N3O4S2. The van der Waals surface area contributed by atoms with Gasteiger partial charge in [0.25, 0.3) is 15.9 Å². The number of rotatable bonds is 8. The summed E-state index contributed by atoms with van der Waals surface area (Å²) in [5.41, 5.74) is 1.52. The molecule has 0 aliphatic carbocycles. The first-order valence-corrected chi connectivity index (χ1v) is 12.6. The van der Waals surface area contributed by atoms with Gasteiger partial charge in [-0.05, 0) is 80.2 Å². The second-order valence-corrected chi connectivity index (χ2v) is 9.98. The monoisotopic (exact) mass is 497 g/mol. The molecular weight excluding hydrogens is 470 g/mol. The molecule has 0 aliphatic heterocycles. The lowest BCUT2D eigenvalue weighted by molar-refractivity contribution is 0.0977. The molecule has 3 aromatic carbocycles. The summed E-state index contributed by atoms with van der Waals surface area (Å²) in [7, 11) is -2.21. The number of nitrogens with one attached hydrogen (secondary N) is 2. The fourth-order valence-electron chi connectivity index (χ4n) is 3.01. The average molecular weight is 498 g/mol. The highest BCUT2D eigenvalue weighted by molar-refractivity contribution is 7.92. The lowest BCUT2D eigenvalue weighted by Gasteiger charge is -2.19. The highest BCUT2D eigenvalue weighted by Crippen LogP contribution is 2.23. The number of hydrogen-bond acceptors (Lipinski definition) is 5. The molecule has 0 saturated carbocycles. The number of sulfonamides is 1. The molecule has 0 aliphatic rings. The van der Waals surface area contributed by atoms with Gasteiger partial charge >= 0.3 is 0 Å². The van der Waals surface area contributed by atoms with E-state index in [1.165, 1.54) is 23.5 Å². The molecule has 0 bridgehead atoms. The molecule has 9 heteroatoms. The normalized spacial score (nSPS) is 11.9. The van der Waals surface area contributed by atoms with E-state index in [0.29, 0.717) is 22.7 Å². The Hall–Kier alpha value is -3.43. The summed E-state index contributed by atoms with van der Waals surface area (Å²) in [5, 5.41) is 5.61. The number of benzene rings is 3. The fraction of sp³-hybridized carbons (Fsp3) is 0.200. The van der Waals surface area contributed by atoms with E-state index in [4.69, 9.17) is 17.0 Å². The molecule has 178 valence electrons. The molecule has 2 N–H and O–H groups in total. The molecule has 0 radical (unpaired) electrons. The molecule has 0 saturated heterocycles. The van der Waals surface area contributed by atoms with Crippen LogP contribution in [0.25, 0.3) is 0 Å². The molecule has 3 aromatic rings.